The summed E-state index contributed by atoms with van der Waals surface area (Å²) in [4.78, 5) is 18.5. The first-order valence-corrected chi connectivity index (χ1v) is 5.44. The number of aromatic carboxylic acids is 1. The molecule has 0 aliphatic carbocycles. The van der Waals surface area contributed by atoms with Gasteiger partial charge in [-0.3, -0.25) is 4.68 Å². The van der Waals surface area contributed by atoms with Crippen molar-refractivity contribution >= 4 is 11.9 Å². The van der Waals surface area contributed by atoms with E-state index in [0.717, 1.165) is 5.56 Å². The number of carbonyl (C=O) groups is 1. The fourth-order valence-electron chi connectivity index (χ4n) is 1.43. The van der Waals surface area contributed by atoms with E-state index in [0.29, 0.717) is 19.0 Å². The largest absolute Gasteiger partial charge is 0.477 e. The van der Waals surface area contributed by atoms with E-state index in [4.69, 9.17) is 5.11 Å². The Bertz CT molecular complexity index is 552. The molecule has 0 unspecified atom stereocenters. The van der Waals surface area contributed by atoms with Crippen LogP contribution in [0.4, 0.5) is 5.95 Å². The molecule has 0 saturated heterocycles. The second-order valence-electron chi connectivity index (χ2n) is 3.78. The summed E-state index contributed by atoms with van der Waals surface area (Å²) in [5.41, 5.74) is 1.07. The van der Waals surface area contributed by atoms with Crippen LogP contribution in [0.25, 0.3) is 0 Å². The van der Waals surface area contributed by atoms with Crippen LogP contribution in [0.5, 0.6) is 0 Å². The summed E-state index contributed by atoms with van der Waals surface area (Å²) in [6.45, 7) is 3.20. The molecule has 7 nitrogen and oxygen atoms in total. The number of carboxylic acid groups (broad SMARTS) is 1. The van der Waals surface area contributed by atoms with Crippen LogP contribution >= 0.6 is 0 Å². The number of rotatable bonds is 5. The standard InChI is InChI=1S/C11H13N5O2/c1-8-6-14-16(7-8)5-4-13-11-12-3-2-9(15-11)10(17)18/h2-3,6-7H,4-5H2,1H3,(H,17,18)(H,12,13,15). The van der Waals surface area contributed by atoms with Gasteiger partial charge in [0.1, 0.15) is 0 Å². The fraction of sp³-hybridized carbons (Fsp3) is 0.273. The van der Waals surface area contributed by atoms with Crippen LogP contribution in [0.3, 0.4) is 0 Å². The third kappa shape index (κ3) is 3.03. The van der Waals surface area contributed by atoms with E-state index in [1.165, 1.54) is 12.3 Å². The Morgan fingerprint density at radius 1 is 1.56 bits per heavy atom. The van der Waals surface area contributed by atoms with Crippen molar-refractivity contribution < 1.29 is 9.90 Å². The highest BCUT2D eigenvalue weighted by Gasteiger charge is 2.05. The van der Waals surface area contributed by atoms with Gasteiger partial charge in [0.15, 0.2) is 5.69 Å². The van der Waals surface area contributed by atoms with Crippen LogP contribution in [0.1, 0.15) is 16.1 Å². The third-order valence-corrected chi connectivity index (χ3v) is 2.26. The van der Waals surface area contributed by atoms with E-state index in [2.05, 4.69) is 20.4 Å². The zero-order valence-corrected chi connectivity index (χ0v) is 9.87. The first-order chi connectivity index (χ1) is 8.65. The van der Waals surface area contributed by atoms with E-state index < -0.39 is 5.97 Å². The quantitative estimate of drug-likeness (QED) is 0.811. The van der Waals surface area contributed by atoms with Crippen molar-refractivity contribution in [3.05, 3.63) is 35.9 Å². The lowest BCUT2D eigenvalue weighted by Crippen LogP contribution is -2.13. The molecule has 0 aliphatic heterocycles. The van der Waals surface area contributed by atoms with Gasteiger partial charge in [0.25, 0.3) is 0 Å². The molecule has 0 fully saturated rings. The molecule has 94 valence electrons. The van der Waals surface area contributed by atoms with Gasteiger partial charge in [0.2, 0.25) is 5.95 Å². The van der Waals surface area contributed by atoms with Crippen molar-refractivity contribution in [3.8, 4) is 0 Å². The molecule has 7 heteroatoms. The number of aryl methyl sites for hydroxylation is 1. The molecule has 2 aromatic rings. The molecule has 0 radical (unpaired) electrons. The molecule has 0 aliphatic rings. The lowest BCUT2D eigenvalue weighted by atomic mass is 10.4. The van der Waals surface area contributed by atoms with E-state index >= 15 is 0 Å². The topological polar surface area (TPSA) is 92.9 Å². The van der Waals surface area contributed by atoms with Crippen LogP contribution in [0, 0.1) is 6.92 Å². The molecule has 0 atom stereocenters. The average molecular weight is 247 g/mol. The maximum atomic E-state index is 10.7. The number of hydrogen-bond donors (Lipinski definition) is 2. The first kappa shape index (κ1) is 12.0. The van der Waals surface area contributed by atoms with E-state index in [1.54, 1.807) is 10.9 Å². The third-order valence-electron chi connectivity index (χ3n) is 2.26. The highest BCUT2D eigenvalue weighted by atomic mass is 16.4. The molecular formula is C11H13N5O2. The molecular weight excluding hydrogens is 234 g/mol. The second kappa shape index (κ2) is 5.26. The molecule has 0 aromatic carbocycles. The van der Waals surface area contributed by atoms with Gasteiger partial charge in [-0.15, -0.1) is 0 Å². The summed E-state index contributed by atoms with van der Waals surface area (Å²) in [6, 6.07) is 1.35. The maximum absolute atomic E-state index is 10.7. The minimum absolute atomic E-state index is 0.0255. The summed E-state index contributed by atoms with van der Waals surface area (Å²) >= 11 is 0. The van der Waals surface area contributed by atoms with Gasteiger partial charge in [-0.25, -0.2) is 14.8 Å². The Morgan fingerprint density at radius 3 is 3.06 bits per heavy atom. The Morgan fingerprint density at radius 2 is 2.39 bits per heavy atom. The van der Waals surface area contributed by atoms with Crippen LogP contribution in [0.2, 0.25) is 0 Å². The van der Waals surface area contributed by atoms with Crippen molar-refractivity contribution in [1.82, 2.24) is 19.7 Å². The molecule has 0 saturated carbocycles. The molecule has 0 bridgehead atoms. The minimum Gasteiger partial charge on any atom is -0.477 e. The van der Waals surface area contributed by atoms with Crippen LogP contribution in [-0.4, -0.2) is 37.4 Å². The van der Waals surface area contributed by atoms with Gasteiger partial charge in [-0.2, -0.15) is 5.10 Å². The molecule has 0 spiro atoms. The summed E-state index contributed by atoms with van der Waals surface area (Å²) in [5, 5.41) is 15.9. The molecule has 0 amide bonds. The normalized spacial score (nSPS) is 10.3. The summed E-state index contributed by atoms with van der Waals surface area (Å²) in [6.07, 6.45) is 5.12. The number of aromatic nitrogens is 4. The Kier molecular flexibility index (Phi) is 3.52. The Labute approximate surface area is 104 Å². The van der Waals surface area contributed by atoms with Crippen molar-refractivity contribution in [2.24, 2.45) is 0 Å². The van der Waals surface area contributed by atoms with Gasteiger partial charge in [0.05, 0.1) is 12.7 Å². The van der Waals surface area contributed by atoms with Gasteiger partial charge in [-0.05, 0) is 18.6 Å². The highest BCUT2D eigenvalue weighted by Crippen LogP contribution is 2.00. The van der Waals surface area contributed by atoms with E-state index in [-0.39, 0.29) is 5.69 Å². The molecule has 2 N–H and O–H groups in total. The van der Waals surface area contributed by atoms with Crippen LogP contribution < -0.4 is 5.32 Å². The van der Waals surface area contributed by atoms with Crippen LogP contribution in [0.15, 0.2) is 24.7 Å². The lowest BCUT2D eigenvalue weighted by Gasteiger charge is -2.05. The molecule has 18 heavy (non-hydrogen) atoms. The smallest absolute Gasteiger partial charge is 0.354 e. The minimum atomic E-state index is -1.07. The van der Waals surface area contributed by atoms with Crippen molar-refractivity contribution in [1.29, 1.82) is 0 Å². The average Bonchev–Trinajstić information content (AvgIpc) is 2.75. The number of hydrogen-bond acceptors (Lipinski definition) is 5. The zero-order valence-electron chi connectivity index (χ0n) is 9.87. The van der Waals surface area contributed by atoms with Crippen LogP contribution in [-0.2, 0) is 6.54 Å². The fourth-order valence-corrected chi connectivity index (χ4v) is 1.43. The van der Waals surface area contributed by atoms with Gasteiger partial charge in [0, 0.05) is 18.9 Å². The lowest BCUT2D eigenvalue weighted by molar-refractivity contribution is 0.0690. The van der Waals surface area contributed by atoms with Gasteiger partial charge >= 0.3 is 5.97 Å². The van der Waals surface area contributed by atoms with E-state index in [1.807, 2.05) is 13.1 Å². The monoisotopic (exact) mass is 247 g/mol. The van der Waals surface area contributed by atoms with E-state index in [9.17, 15) is 4.79 Å². The zero-order chi connectivity index (χ0) is 13.0. The van der Waals surface area contributed by atoms with Crippen molar-refractivity contribution in [2.75, 3.05) is 11.9 Å². The SMILES string of the molecule is Cc1cnn(CCNc2nccc(C(=O)O)n2)c1. The molecule has 2 aromatic heterocycles. The number of nitrogens with zero attached hydrogens (tertiary/aromatic N) is 4. The number of nitrogens with one attached hydrogen (secondary N) is 1. The Balaban J connectivity index is 1.90. The van der Waals surface area contributed by atoms with Crippen molar-refractivity contribution in [3.63, 3.8) is 0 Å². The van der Waals surface area contributed by atoms with Crippen molar-refractivity contribution in [2.45, 2.75) is 13.5 Å². The molecule has 2 rings (SSSR count). The van der Waals surface area contributed by atoms with Gasteiger partial charge in [-0.1, -0.05) is 0 Å². The summed E-state index contributed by atoms with van der Waals surface area (Å²) < 4.78 is 1.80. The predicted octanol–water partition coefficient (Wildman–Crippen LogP) is 0.792. The molecule has 2 heterocycles. The van der Waals surface area contributed by atoms with Gasteiger partial charge < -0.3 is 10.4 Å². The Hall–Kier alpha value is -2.44. The highest BCUT2D eigenvalue weighted by molar-refractivity contribution is 5.85. The number of carboxylic acids is 1. The first-order valence-electron chi connectivity index (χ1n) is 5.44. The predicted molar refractivity (Wildman–Crippen MR) is 64.4 cm³/mol. The second-order valence-corrected chi connectivity index (χ2v) is 3.78. The maximum Gasteiger partial charge on any atom is 0.354 e. The summed E-state index contributed by atoms with van der Waals surface area (Å²) in [7, 11) is 0. The summed E-state index contributed by atoms with van der Waals surface area (Å²) in [5.74, 6) is -0.762. The number of anilines is 1.